The third-order valence-corrected chi connectivity index (χ3v) is 4.51. The summed E-state index contributed by atoms with van der Waals surface area (Å²) in [6, 6.07) is 7.56. The second-order valence-corrected chi connectivity index (χ2v) is 6.26. The first-order valence-corrected chi connectivity index (χ1v) is 8.62. The summed E-state index contributed by atoms with van der Waals surface area (Å²) in [6.45, 7) is 1.13. The van der Waals surface area contributed by atoms with Crippen molar-refractivity contribution in [2.24, 2.45) is 0 Å². The molecule has 1 aliphatic heterocycles. The van der Waals surface area contributed by atoms with Crippen molar-refractivity contribution < 1.29 is 13.9 Å². The van der Waals surface area contributed by atoms with Crippen molar-refractivity contribution in [3.05, 3.63) is 48.2 Å². The fraction of sp³-hybridized carbons (Fsp3) is 0.389. The lowest BCUT2D eigenvalue weighted by molar-refractivity contribution is -0.0394. The topological polar surface area (TPSA) is 67.0 Å². The van der Waals surface area contributed by atoms with Crippen molar-refractivity contribution in [1.82, 2.24) is 24.8 Å². The third kappa shape index (κ3) is 3.32. The Morgan fingerprint density at radius 2 is 2.12 bits per heavy atom. The molecule has 7 nitrogen and oxygen atoms in total. The Morgan fingerprint density at radius 1 is 1.27 bits per heavy atom. The fourth-order valence-corrected chi connectivity index (χ4v) is 3.12. The molecule has 1 saturated heterocycles. The second-order valence-electron chi connectivity index (χ2n) is 6.26. The van der Waals surface area contributed by atoms with Crippen molar-refractivity contribution in [2.45, 2.75) is 32.0 Å². The molecular weight excluding hydrogens is 337 g/mol. The van der Waals surface area contributed by atoms with Crippen LogP contribution in [0.5, 0.6) is 5.75 Å². The molecule has 4 rings (SSSR count). The normalized spacial score (nSPS) is 17.4. The maximum Gasteiger partial charge on any atom is 0.260 e. The van der Waals surface area contributed by atoms with Crippen LogP contribution in [0.4, 0.5) is 4.39 Å². The number of nitrogens with zero attached hydrogens (tertiary/aromatic N) is 5. The van der Waals surface area contributed by atoms with Crippen LogP contribution < -0.4 is 4.74 Å². The molecular formula is C18H20FN5O2. The van der Waals surface area contributed by atoms with Gasteiger partial charge in [0.1, 0.15) is 17.7 Å². The molecule has 26 heavy (non-hydrogen) atoms. The summed E-state index contributed by atoms with van der Waals surface area (Å²) in [7, 11) is 1.62. The van der Waals surface area contributed by atoms with Gasteiger partial charge in [0.15, 0.2) is 0 Å². The average Bonchev–Trinajstić information content (AvgIpc) is 3.30. The van der Waals surface area contributed by atoms with Gasteiger partial charge < -0.3 is 9.47 Å². The van der Waals surface area contributed by atoms with Gasteiger partial charge >= 0.3 is 0 Å². The van der Waals surface area contributed by atoms with Crippen molar-refractivity contribution >= 4 is 0 Å². The van der Waals surface area contributed by atoms with E-state index in [0.717, 1.165) is 37.2 Å². The number of halogens is 1. The van der Waals surface area contributed by atoms with E-state index in [4.69, 9.17) is 9.47 Å². The quantitative estimate of drug-likeness (QED) is 0.702. The maximum atomic E-state index is 14.3. The highest BCUT2D eigenvalue weighted by molar-refractivity contribution is 5.57. The highest BCUT2D eigenvalue weighted by Crippen LogP contribution is 2.26. The monoisotopic (exact) mass is 357 g/mol. The Balaban J connectivity index is 1.58. The molecule has 0 aliphatic carbocycles. The first-order chi connectivity index (χ1) is 12.7. The molecule has 8 heteroatoms. The summed E-state index contributed by atoms with van der Waals surface area (Å²) in [5.74, 6) is 0.162. The molecule has 1 aliphatic rings. The Morgan fingerprint density at radius 3 is 2.85 bits per heavy atom. The van der Waals surface area contributed by atoms with Crippen LogP contribution in [0.25, 0.3) is 11.3 Å². The van der Waals surface area contributed by atoms with Crippen molar-refractivity contribution in [2.75, 3.05) is 13.7 Å². The Hall–Kier alpha value is -2.74. The Bertz CT molecular complexity index is 868. The number of rotatable bonds is 5. The summed E-state index contributed by atoms with van der Waals surface area (Å²) in [6.07, 6.45) is 6.41. The minimum Gasteiger partial charge on any atom is -0.497 e. The number of ether oxygens (including phenoxy) is 2. The molecule has 136 valence electrons. The van der Waals surface area contributed by atoms with Gasteiger partial charge in [0.25, 0.3) is 5.95 Å². The molecule has 3 heterocycles. The van der Waals surface area contributed by atoms with Crippen molar-refractivity contribution in [3.8, 4) is 17.0 Å². The molecule has 1 fully saturated rings. The molecule has 1 aromatic carbocycles. The molecule has 0 spiro atoms. The van der Waals surface area contributed by atoms with Gasteiger partial charge in [-0.2, -0.15) is 9.49 Å². The first kappa shape index (κ1) is 16.7. The molecule has 0 saturated carbocycles. The Labute approximate surface area is 150 Å². The molecule has 0 radical (unpaired) electrons. The highest BCUT2D eigenvalue weighted by atomic mass is 19.1. The molecule has 0 amide bonds. The van der Waals surface area contributed by atoms with Gasteiger partial charge in [-0.25, -0.2) is 9.36 Å². The van der Waals surface area contributed by atoms with Gasteiger partial charge in [0, 0.05) is 18.4 Å². The van der Waals surface area contributed by atoms with Gasteiger partial charge in [0.2, 0.25) is 0 Å². The average molecular weight is 357 g/mol. The van der Waals surface area contributed by atoms with Crippen molar-refractivity contribution in [1.29, 1.82) is 0 Å². The molecule has 0 bridgehead atoms. The van der Waals surface area contributed by atoms with E-state index in [1.165, 1.54) is 0 Å². The number of hydrogen-bond donors (Lipinski definition) is 0. The van der Waals surface area contributed by atoms with Gasteiger partial charge in [-0.1, -0.05) is 22.4 Å². The first-order valence-electron chi connectivity index (χ1n) is 8.62. The van der Waals surface area contributed by atoms with E-state index in [0.29, 0.717) is 17.8 Å². The van der Waals surface area contributed by atoms with E-state index in [1.807, 2.05) is 24.3 Å². The zero-order valence-corrected chi connectivity index (χ0v) is 14.5. The maximum absolute atomic E-state index is 14.3. The van der Waals surface area contributed by atoms with E-state index in [9.17, 15) is 4.39 Å². The molecule has 1 unspecified atom stereocenters. The summed E-state index contributed by atoms with van der Waals surface area (Å²) >= 11 is 0. The van der Waals surface area contributed by atoms with Crippen LogP contribution in [0.3, 0.4) is 0 Å². The minimum absolute atomic E-state index is 0.0912. The molecule has 2 aromatic heterocycles. The summed E-state index contributed by atoms with van der Waals surface area (Å²) in [5, 5.41) is 11.9. The minimum atomic E-state index is -0.609. The van der Waals surface area contributed by atoms with Crippen LogP contribution in [0.15, 0.2) is 36.7 Å². The molecule has 3 aromatic rings. The van der Waals surface area contributed by atoms with Crippen LogP contribution in [-0.2, 0) is 11.3 Å². The van der Waals surface area contributed by atoms with Gasteiger partial charge in [-0.15, -0.1) is 0 Å². The number of hydrogen-bond acceptors (Lipinski definition) is 5. The van der Waals surface area contributed by atoms with Gasteiger partial charge in [-0.3, -0.25) is 0 Å². The lowest BCUT2D eigenvalue weighted by atomic mass is 10.2. The molecule has 1 atom stereocenters. The molecule has 0 N–H and O–H groups in total. The van der Waals surface area contributed by atoms with Crippen LogP contribution in [0.1, 0.15) is 31.1 Å². The van der Waals surface area contributed by atoms with E-state index in [2.05, 4.69) is 15.4 Å². The zero-order chi connectivity index (χ0) is 17.9. The number of methoxy groups -OCH3 is 1. The number of benzene rings is 1. The van der Waals surface area contributed by atoms with Crippen LogP contribution >= 0.6 is 0 Å². The largest absolute Gasteiger partial charge is 0.497 e. The summed E-state index contributed by atoms with van der Waals surface area (Å²) in [4.78, 5) is 0. The Kier molecular flexibility index (Phi) is 4.66. The second kappa shape index (κ2) is 7.25. The van der Waals surface area contributed by atoms with Gasteiger partial charge in [0.05, 0.1) is 19.9 Å². The van der Waals surface area contributed by atoms with E-state index in [-0.39, 0.29) is 6.23 Å². The van der Waals surface area contributed by atoms with Crippen LogP contribution in [0.2, 0.25) is 0 Å². The lowest BCUT2D eigenvalue weighted by Gasteiger charge is -2.22. The van der Waals surface area contributed by atoms with E-state index < -0.39 is 5.95 Å². The zero-order valence-electron chi connectivity index (χ0n) is 14.5. The van der Waals surface area contributed by atoms with Crippen molar-refractivity contribution in [3.63, 3.8) is 0 Å². The summed E-state index contributed by atoms with van der Waals surface area (Å²) < 4.78 is 28.5. The van der Waals surface area contributed by atoms with Crippen LogP contribution in [0, 0.1) is 5.95 Å². The summed E-state index contributed by atoms with van der Waals surface area (Å²) in [5.41, 5.74) is 1.93. The van der Waals surface area contributed by atoms with E-state index in [1.54, 1.807) is 28.9 Å². The standard InChI is InChI=1S/C18H20FN5O2/c1-25-15-7-5-13(6-8-15)11-24-17(18(19)21-22-24)14-10-20-23(12-14)16-4-2-3-9-26-16/h5-8,10,12,16H,2-4,9,11H2,1H3. The SMILES string of the molecule is COc1ccc(Cn2nnc(F)c2-c2cnn(C3CCCCO3)c2)cc1. The highest BCUT2D eigenvalue weighted by Gasteiger charge is 2.21. The third-order valence-electron chi connectivity index (χ3n) is 4.51. The smallest absolute Gasteiger partial charge is 0.260 e. The predicted octanol–water partition coefficient (Wildman–Crippen LogP) is 3.04. The predicted molar refractivity (Wildman–Crippen MR) is 92.1 cm³/mol. The fourth-order valence-electron chi connectivity index (χ4n) is 3.12. The van der Waals surface area contributed by atoms with Crippen LogP contribution in [-0.4, -0.2) is 38.5 Å². The van der Waals surface area contributed by atoms with E-state index >= 15 is 0 Å². The number of aromatic nitrogens is 5. The lowest BCUT2D eigenvalue weighted by Crippen LogP contribution is -2.18. The van der Waals surface area contributed by atoms with Gasteiger partial charge in [-0.05, 0) is 37.0 Å².